The van der Waals surface area contributed by atoms with E-state index in [4.69, 9.17) is 9.47 Å². The van der Waals surface area contributed by atoms with Gasteiger partial charge >= 0.3 is 5.97 Å². The minimum atomic E-state index is -1.04. The molecule has 0 radical (unpaired) electrons. The predicted molar refractivity (Wildman–Crippen MR) is 88.1 cm³/mol. The first-order valence-electron chi connectivity index (χ1n) is 8.53. The number of aromatic carboxylic acids is 1. The average molecular weight is 348 g/mol. The maximum atomic E-state index is 13.1. The number of imidazole rings is 1. The Morgan fingerprint density at radius 3 is 2.88 bits per heavy atom. The van der Waals surface area contributed by atoms with Gasteiger partial charge in [0, 0.05) is 23.9 Å². The van der Waals surface area contributed by atoms with E-state index in [1.165, 1.54) is 6.20 Å². The number of nitrogens with zero attached hydrogens (tertiary/aromatic N) is 2. The van der Waals surface area contributed by atoms with Crippen molar-refractivity contribution in [2.45, 2.75) is 50.2 Å². The van der Waals surface area contributed by atoms with Crippen LogP contribution in [0.2, 0.25) is 0 Å². The zero-order valence-corrected chi connectivity index (χ0v) is 14.3. The van der Waals surface area contributed by atoms with Gasteiger partial charge in [-0.2, -0.15) is 0 Å². The first-order chi connectivity index (χ1) is 11.9. The summed E-state index contributed by atoms with van der Waals surface area (Å²) in [5.41, 5.74) is 0.665. The summed E-state index contributed by atoms with van der Waals surface area (Å²) in [4.78, 5) is 16.2. The Bertz CT molecular complexity index is 841. The van der Waals surface area contributed by atoms with Crippen LogP contribution in [-0.4, -0.2) is 45.4 Å². The van der Waals surface area contributed by atoms with Gasteiger partial charge in [0.2, 0.25) is 0 Å². The second kappa shape index (κ2) is 5.42. The van der Waals surface area contributed by atoms with Crippen LogP contribution in [-0.2, 0) is 10.2 Å². The molecular weight excluding hydrogens is 327 g/mol. The molecule has 134 valence electrons. The Balaban J connectivity index is 1.73. The molecule has 1 atom stereocenters. The number of carbonyl (C=O) groups is 1. The second-order valence-electron chi connectivity index (χ2n) is 7.32. The molecule has 2 saturated heterocycles. The molecule has 2 bridgehead atoms. The van der Waals surface area contributed by atoms with Gasteiger partial charge < -0.3 is 19.0 Å². The number of pyridine rings is 1. The molecule has 1 aliphatic carbocycles. The predicted octanol–water partition coefficient (Wildman–Crippen LogP) is 2.98. The van der Waals surface area contributed by atoms with Gasteiger partial charge in [0.1, 0.15) is 23.6 Å². The Kier molecular flexibility index (Phi) is 3.54. The second-order valence-corrected chi connectivity index (χ2v) is 7.32. The van der Waals surface area contributed by atoms with Gasteiger partial charge in [0.15, 0.2) is 0 Å². The molecule has 1 unspecified atom stereocenters. The summed E-state index contributed by atoms with van der Waals surface area (Å²) in [5.74, 6) is -0.726. The summed E-state index contributed by atoms with van der Waals surface area (Å²) < 4.78 is 26.2. The van der Waals surface area contributed by atoms with E-state index in [1.807, 2.05) is 20.0 Å². The molecule has 2 aromatic rings. The molecule has 5 rings (SSSR count). The van der Waals surface area contributed by atoms with E-state index in [-0.39, 0.29) is 17.1 Å². The fraction of sp³-hybridized carbons (Fsp3) is 0.556. The zero-order valence-electron chi connectivity index (χ0n) is 14.3. The van der Waals surface area contributed by atoms with Crippen molar-refractivity contribution < 1.29 is 23.8 Å². The van der Waals surface area contributed by atoms with E-state index in [1.54, 1.807) is 10.5 Å². The lowest BCUT2D eigenvalue weighted by Gasteiger charge is -2.41. The number of hydrogen-bond donors (Lipinski definition) is 1. The topological polar surface area (TPSA) is 73.1 Å². The van der Waals surface area contributed by atoms with Gasteiger partial charge in [-0.25, -0.2) is 14.2 Å². The lowest BCUT2D eigenvalue weighted by Crippen LogP contribution is -2.48. The van der Waals surface area contributed by atoms with Gasteiger partial charge in [0.25, 0.3) is 0 Å². The number of fused-ring (bicyclic) bond motifs is 2. The molecule has 7 heteroatoms. The summed E-state index contributed by atoms with van der Waals surface area (Å²) in [7, 11) is 0. The molecule has 6 nitrogen and oxygen atoms in total. The fourth-order valence-corrected chi connectivity index (χ4v) is 3.89. The summed E-state index contributed by atoms with van der Waals surface area (Å²) >= 11 is 0. The Hall–Kier alpha value is -2.15. The highest BCUT2D eigenvalue weighted by Gasteiger charge is 2.64. The maximum Gasteiger partial charge on any atom is 0.341 e. The first kappa shape index (κ1) is 16.3. The number of carboxylic acids is 1. The number of aromatic nitrogens is 2. The highest BCUT2D eigenvalue weighted by Crippen LogP contribution is 2.58. The molecule has 0 spiro atoms. The highest BCUT2D eigenvalue weighted by molar-refractivity contribution is 5.91. The SMILES string of the molecule is CCC(C)Oc1cc2nc(C34COC(CF)(C3)C4)cn2cc1C(=O)O. The third-order valence-corrected chi connectivity index (χ3v) is 5.45. The maximum absolute atomic E-state index is 13.1. The summed E-state index contributed by atoms with van der Waals surface area (Å²) in [6, 6.07) is 1.66. The van der Waals surface area contributed by atoms with Crippen molar-refractivity contribution in [2.75, 3.05) is 13.3 Å². The molecule has 3 aliphatic rings. The van der Waals surface area contributed by atoms with Crippen LogP contribution in [0.5, 0.6) is 5.75 Å². The van der Waals surface area contributed by atoms with Crippen LogP contribution in [0.3, 0.4) is 0 Å². The van der Waals surface area contributed by atoms with Gasteiger partial charge in [-0.1, -0.05) is 6.92 Å². The highest BCUT2D eigenvalue weighted by atomic mass is 19.1. The van der Waals surface area contributed by atoms with E-state index >= 15 is 0 Å². The monoisotopic (exact) mass is 348 g/mol. The van der Waals surface area contributed by atoms with Crippen molar-refractivity contribution in [3.05, 3.63) is 29.7 Å². The molecule has 4 heterocycles. The van der Waals surface area contributed by atoms with E-state index in [9.17, 15) is 14.3 Å². The number of hydrogen-bond acceptors (Lipinski definition) is 4. The quantitative estimate of drug-likeness (QED) is 0.869. The summed E-state index contributed by atoms with van der Waals surface area (Å²) in [6.45, 7) is 3.86. The summed E-state index contributed by atoms with van der Waals surface area (Å²) in [5, 5.41) is 9.48. The lowest BCUT2D eigenvalue weighted by molar-refractivity contribution is -0.0235. The molecule has 0 aromatic carbocycles. The zero-order chi connectivity index (χ0) is 17.8. The number of ether oxygens (including phenoxy) is 2. The fourth-order valence-electron chi connectivity index (χ4n) is 3.89. The number of carboxylic acid groups (broad SMARTS) is 1. The number of halogens is 1. The minimum Gasteiger partial charge on any atom is -0.490 e. The van der Waals surface area contributed by atoms with Crippen molar-refractivity contribution >= 4 is 11.6 Å². The molecule has 3 fully saturated rings. The van der Waals surface area contributed by atoms with E-state index < -0.39 is 18.2 Å². The van der Waals surface area contributed by atoms with Crippen molar-refractivity contribution in [2.24, 2.45) is 0 Å². The van der Waals surface area contributed by atoms with Crippen LogP contribution in [0, 0.1) is 0 Å². The smallest absolute Gasteiger partial charge is 0.341 e. The molecular formula is C18H21FN2O4. The molecule has 1 N–H and O–H groups in total. The van der Waals surface area contributed by atoms with Crippen LogP contribution in [0.15, 0.2) is 18.5 Å². The van der Waals surface area contributed by atoms with E-state index in [0.29, 0.717) is 30.8 Å². The van der Waals surface area contributed by atoms with Crippen molar-refractivity contribution in [1.82, 2.24) is 9.38 Å². The van der Waals surface area contributed by atoms with Gasteiger partial charge in [-0.15, -0.1) is 0 Å². The first-order valence-corrected chi connectivity index (χ1v) is 8.53. The van der Waals surface area contributed by atoms with E-state index in [0.717, 1.165) is 12.1 Å². The Morgan fingerprint density at radius 1 is 1.52 bits per heavy atom. The normalized spacial score (nSPS) is 28.8. The van der Waals surface area contributed by atoms with Crippen LogP contribution in [0.4, 0.5) is 4.39 Å². The molecule has 1 saturated carbocycles. The van der Waals surface area contributed by atoms with Crippen LogP contribution in [0.1, 0.15) is 49.2 Å². The van der Waals surface area contributed by atoms with Gasteiger partial charge in [0.05, 0.1) is 24.0 Å². The van der Waals surface area contributed by atoms with Crippen molar-refractivity contribution in [3.8, 4) is 5.75 Å². The summed E-state index contributed by atoms with van der Waals surface area (Å²) in [6.07, 6.45) is 5.29. The van der Waals surface area contributed by atoms with Crippen LogP contribution < -0.4 is 4.74 Å². The molecule has 25 heavy (non-hydrogen) atoms. The van der Waals surface area contributed by atoms with E-state index in [2.05, 4.69) is 4.98 Å². The van der Waals surface area contributed by atoms with Crippen molar-refractivity contribution in [3.63, 3.8) is 0 Å². The average Bonchev–Trinajstić information content (AvgIpc) is 3.24. The van der Waals surface area contributed by atoms with Crippen LogP contribution >= 0.6 is 0 Å². The third-order valence-electron chi connectivity index (χ3n) is 5.45. The Morgan fingerprint density at radius 2 is 2.28 bits per heavy atom. The van der Waals surface area contributed by atoms with Crippen LogP contribution in [0.25, 0.3) is 5.65 Å². The number of rotatable bonds is 6. The third kappa shape index (κ3) is 2.40. The largest absolute Gasteiger partial charge is 0.490 e. The van der Waals surface area contributed by atoms with Gasteiger partial charge in [-0.3, -0.25) is 0 Å². The van der Waals surface area contributed by atoms with Crippen molar-refractivity contribution in [1.29, 1.82) is 0 Å². The minimum absolute atomic E-state index is 0.0892. The Labute approximate surface area is 144 Å². The molecule has 0 amide bonds. The molecule has 2 aliphatic heterocycles. The lowest BCUT2D eigenvalue weighted by atomic mass is 9.61. The standard InChI is InChI=1S/C18H21FN2O4/c1-3-11(2)25-13-4-15-20-14(6-21(15)5-12(13)16(22)23)17-7-18(8-17,9-19)24-10-17/h4-6,11H,3,7-10H2,1-2H3,(H,22,23). The van der Waals surface area contributed by atoms with Gasteiger partial charge in [-0.05, 0) is 26.2 Å². The number of alkyl halides is 1. The molecule has 2 aromatic heterocycles.